The van der Waals surface area contributed by atoms with Gasteiger partial charge in [0.25, 0.3) is 0 Å². The SMILES string of the molecule is O=C1/C(=N/Nc2ccc3cc(S(=O)(=O)[O-])ccc3c2)C(S(=O)(=O)[O-])=Cc2cc(NONc3ccc4c(c3)C=C(S(=O)(=O)[O-])/C(=N\Nc3ccc5cc(S(=O)(=O)[O-])ccc5c3)C4=O)ccc21. The van der Waals surface area contributed by atoms with Crippen molar-refractivity contribution in [1.82, 2.24) is 0 Å². The van der Waals surface area contributed by atoms with Crippen molar-refractivity contribution in [3.63, 3.8) is 0 Å². The number of nitrogens with one attached hydrogen (secondary N) is 4. The lowest BCUT2D eigenvalue weighted by atomic mass is 9.94. The third-order valence-electron chi connectivity index (χ3n) is 9.73. The van der Waals surface area contributed by atoms with Crippen LogP contribution in [0.15, 0.2) is 139 Å². The molecule has 6 aromatic rings. The Morgan fingerprint density at radius 1 is 0.415 bits per heavy atom. The first-order chi connectivity index (χ1) is 30.5. The van der Waals surface area contributed by atoms with Gasteiger partial charge in [0.2, 0.25) is 11.6 Å². The van der Waals surface area contributed by atoms with Crippen LogP contribution in [-0.4, -0.2) is 74.9 Å². The monoisotopic (exact) mass is 956 g/mol. The summed E-state index contributed by atoms with van der Waals surface area (Å²) in [4.78, 5) is 29.5. The fourth-order valence-corrected chi connectivity index (χ4v) is 8.98. The number of fused-ring (bicyclic) bond motifs is 4. The van der Waals surface area contributed by atoms with Crippen LogP contribution in [0.4, 0.5) is 22.7 Å². The number of hydrazone groups is 2. The van der Waals surface area contributed by atoms with Gasteiger partial charge in [-0.3, -0.25) is 20.4 Å². The highest BCUT2D eigenvalue weighted by Crippen LogP contribution is 2.31. The number of Topliss-reactive ketones (excluding diaryl/α,β-unsaturated/α-hetero) is 2. The van der Waals surface area contributed by atoms with E-state index in [0.29, 0.717) is 21.5 Å². The Morgan fingerprint density at radius 3 is 1.14 bits per heavy atom. The Hall–Kier alpha value is -7.20. The highest BCUT2D eigenvalue weighted by molar-refractivity contribution is 7.91. The van der Waals surface area contributed by atoms with E-state index in [1.165, 1.54) is 97.1 Å². The Labute approximate surface area is 367 Å². The number of carbonyl (C=O) groups excluding carboxylic acids is 2. The zero-order chi connectivity index (χ0) is 46.6. The molecule has 0 unspecified atom stereocenters. The quantitative estimate of drug-likeness (QED) is 0.0982. The van der Waals surface area contributed by atoms with Crippen LogP contribution in [0.2, 0.25) is 0 Å². The van der Waals surface area contributed by atoms with Crippen LogP contribution in [0.3, 0.4) is 0 Å². The molecule has 0 saturated heterocycles. The second kappa shape index (κ2) is 16.4. The molecule has 332 valence electrons. The van der Waals surface area contributed by atoms with Gasteiger partial charge in [-0.2, -0.15) is 15.1 Å². The highest BCUT2D eigenvalue weighted by atomic mass is 32.2. The summed E-state index contributed by atoms with van der Waals surface area (Å²) in [5.41, 5.74) is 9.27. The molecule has 4 N–H and O–H groups in total. The number of hydrogen-bond acceptors (Lipinski definition) is 21. The fraction of sp³-hybridized carbons (Fsp3) is 0. The molecule has 0 aliphatic heterocycles. The standard InChI is InChI=1S/C40H28N6O15S4/c47-39-33-11-7-29(15-25(33)19-35(64(55,56)57)37(39)43-41-27-5-1-23-17-31(62(49,50)51)9-3-21(23)13-27)45-61-46-30-8-12-34-26(16-30)20-36(65(58,59)60)38(40(34)48)44-42-28-6-2-24-18-32(63(52,53)54)10-4-22(24)14-28/h1-20,41-42,45-46H,(H,49,50,51)(H,52,53,54)(H,55,56,57)(H,58,59,60)/p-4/b43-37+,44-38+. The number of benzene rings is 6. The molecule has 0 fully saturated rings. The first-order valence-corrected chi connectivity index (χ1v) is 23.7. The van der Waals surface area contributed by atoms with Gasteiger partial charge in [-0.05, 0) is 130 Å². The third kappa shape index (κ3) is 9.39. The van der Waals surface area contributed by atoms with Crippen LogP contribution in [0.1, 0.15) is 31.8 Å². The van der Waals surface area contributed by atoms with E-state index in [4.69, 9.17) is 4.94 Å². The van der Waals surface area contributed by atoms with Crippen molar-refractivity contribution in [2.75, 3.05) is 21.8 Å². The van der Waals surface area contributed by atoms with E-state index in [1.54, 1.807) is 0 Å². The Kier molecular flexibility index (Phi) is 11.2. The minimum absolute atomic E-state index is 0.00444. The van der Waals surface area contributed by atoms with Crippen LogP contribution in [0, 0.1) is 0 Å². The van der Waals surface area contributed by atoms with Gasteiger partial charge in [0.05, 0.1) is 42.4 Å². The molecule has 0 heterocycles. The van der Waals surface area contributed by atoms with Crippen LogP contribution >= 0.6 is 0 Å². The lowest BCUT2D eigenvalue weighted by Crippen LogP contribution is -2.27. The molecule has 21 nitrogen and oxygen atoms in total. The third-order valence-corrected chi connectivity index (χ3v) is 13.1. The van der Waals surface area contributed by atoms with Crippen molar-refractivity contribution in [2.45, 2.75) is 9.79 Å². The van der Waals surface area contributed by atoms with Gasteiger partial charge in [0, 0.05) is 11.1 Å². The number of rotatable bonds is 12. The molecule has 0 bridgehead atoms. The Balaban J connectivity index is 0.968. The number of ketones is 2. The summed E-state index contributed by atoms with van der Waals surface area (Å²) in [7, 11) is -20.0. The topological polar surface area (TPSA) is 345 Å². The van der Waals surface area contributed by atoms with E-state index in [2.05, 4.69) is 32.0 Å². The molecule has 0 amide bonds. The molecule has 0 atom stereocenters. The molecule has 6 aromatic carbocycles. The maximum atomic E-state index is 13.5. The summed E-state index contributed by atoms with van der Waals surface area (Å²) in [5.74, 6) is -1.85. The van der Waals surface area contributed by atoms with E-state index in [1.807, 2.05) is 0 Å². The summed E-state index contributed by atoms with van der Waals surface area (Å²) in [6.07, 6.45) is 1.88. The molecule has 0 aromatic heterocycles. The average molecular weight is 957 g/mol. The van der Waals surface area contributed by atoms with Crippen molar-refractivity contribution in [2.24, 2.45) is 10.2 Å². The van der Waals surface area contributed by atoms with Gasteiger partial charge in [-0.25, -0.2) is 44.6 Å². The van der Waals surface area contributed by atoms with E-state index < -0.39 is 83.1 Å². The Bertz CT molecular complexity index is 3440. The van der Waals surface area contributed by atoms with Crippen LogP contribution in [-0.2, 0) is 45.4 Å². The molecule has 2 aliphatic carbocycles. The van der Waals surface area contributed by atoms with Crippen LogP contribution in [0.5, 0.6) is 0 Å². The van der Waals surface area contributed by atoms with Crippen molar-refractivity contribution >= 4 is 120 Å². The summed E-state index contributed by atoms with van der Waals surface area (Å²) in [5, 5.41) is 9.53. The van der Waals surface area contributed by atoms with Gasteiger partial charge < -0.3 is 18.2 Å². The lowest BCUT2D eigenvalue weighted by Gasteiger charge is -2.21. The van der Waals surface area contributed by atoms with E-state index in [9.17, 15) is 61.5 Å². The lowest BCUT2D eigenvalue weighted by molar-refractivity contribution is 0.105. The highest BCUT2D eigenvalue weighted by Gasteiger charge is 2.31. The summed E-state index contributed by atoms with van der Waals surface area (Å²) >= 11 is 0. The first kappa shape index (κ1) is 44.4. The second-order valence-electron chi connectivity index (χ2n) is 14.0. The van der Waals surface area contributed by atoms with E-state index in [-0.39, 0.29) is 45.0 Å². The second-order valence-corrected chi connectivity index (χ2v) is 19.4. The van der Waals surface area contributed by atoms with E-state index >= 15 is 0 Å². The molecule has 0 spiro atoms. The maximum absolute atomic E-state index is 13.5. The number of hydrogen-bond donors (Lipinski definition) is 4. The van der Waals surface area contributed by atoms with Gasteiger partial charge in [0.1, 0.15) is 51.9 Å². The minimum Gasteiger partial charge on any atom is -0.744 e. The fourth-order valence-electron chi connectivity index (χ4n) is 6.68. The summed E-state index contributed by atoms with van der Waals surface area (Å²) in [6, 6.07) is 23.9. The number of carbonyl (C=O) groups is 2. The maximum Gasteiger partial charge on any atom is 0.215 e. The average Bonchev–Trinajstić information content (AvgIpc) is 3.23. The molecule has 65 heavy (non-hydrogen) atoms. The minimum atomic E-state index is -5.28. The van der Waals surface area contributed by atoms with Crippen LogP contribution < -0.4 is 21.8 Å². The largest absolute Gasteiger partial charge is 0.744 e. The van der Waals surface area contributed by atoms with Crippen molar-refractivity contribution in [3.8, 4) is 0 Å². The molecule has 25 heteroatoms. The van der Waals surface area contributed by atoms with Gasteiger partial charge in [0.15, 0.2) is 0 Å². The predicted octanol–water partition coefficient (Wildman–Crippen LogP) is 4.27. The van der Waals surface area contributed by atoms with Crippen molar-refractivity contribution in [1.29, 1.82) is 0 Å². The number of anilines is 4. The molecular weight excluding hydrogens is 933 g/mol. The number of allylic oxidation sites excluding steroid dienone is 2. The molecule has 8 rings (SSSR count). The molecule has 0 radical (unpaired) electrons. The zero-order valence-electron chi connectivity index (χ0n) is 32.2. The smallest absolute Gasteiger partial charge is 0.215 e. The normalized spacial score (nSPS) is 15.6. The van der Waals surface area contributed by atoms with E-state index in [0.717, 1.165) is 24.3 Å². The molecule has 0 saturated carbocycles. The number of nitrogens with zero attached hydrogens (tertiary/aromatic N) is 2. The summed E-state index contributed by atoms with van der Waals surface area (Å²) < 4.78 is 142. The molecular formula is C40H24N6O15S4-4. The van der Waals surface area contributed by atoms with Gasteiger partial charge >= 0.3 is 0 Å². The van der Waals surface area contributed by atoms with Gasteiger partial charge in [-0.15, -0.1) is 0 Å². The first-order valence-electron chi connectivity index (χ1n) is 18.1. The zero-order valence-corrected chi connectivity index (χ0v) is 35.5. The van der Waals surface area contributed by atoms with Crippen LogP contribution in [0.25, 0.3) is 33.7 Å². The Morgan fingerprint density at radius 2 is 0.769 bits per heavy atom. The predicted molar refractivity (Wildman–Crippen MR) is 231 cm³/mol. The molecule has 2 aliphatic rings. The van der Waals surface area contributed by atoms with Crippen molar-refractivity contribution in [3.05, 3.63) is 141 Å². The van der Waals surface area contributed by atoms with Gasteiger partial charge in [-0.1, -0.05) is 24.3 Å². The summed E-state index contributed by atoms with van der Waals surface area (Å²) in [6.45, 7) is 0. The van der Waals surface area contributed by atoms with Crippen molar-refractivity contribution < 1.29 is 66.4 Å².